The summed E-state index contributed by atoms with van der Waals surface area (Å²) in [7, 11) is 0. The minimum absolute atomic E-state index is 0.0881. The number of hydrogen-bond acceptors (Lipinski definition) is 2. The summed E-state index contributed by atoms with van der Waals surface area (Å²) < 4.78 is 1.83. The van der Waals surface area contributed by atoms with Crippen LogP contribution in [-0.4, -0.2) is 29.1 Å². The Hall–Kier alpha value is -1.09. The first-order chi connectivity index (χ1) is 7.97. The van der Waals surface area contributed by atoms with Crippen molar-refractivity contribution in [2.75, 3.05) is 19.6 Å². The van der Waals surface area contributed by atoms with Crippen LogP contribution in [0.3, 0.4) is 0 Å². The average Bonchev–Trinajstić information content (AvgIpc) is 2.16. The summed E-state index contributed by atoms with van der Waals surface area (Å²) >= 11 is 0. The van der Waals surface area contributed by atoms with Crippen molar-refractivity contribution in [2.24, 2.45) is 0 Å². The van der Waals surface area contributed by atoms with Crippen LogP contribution in [0.25, 0.3) is 0 Å². The van der Waals surface area contributed by atoms with Crippen LogP contribution >= 0.6 is 0 Å². The number of aromatic nitrogens is 1. The highest BCUT2D eigenvalue weighted by atomic mass is 16.1. The minimum atomic E-state index is -0.135. The summed E-state index contributed by atoms with van der Waals surface area (Å²) in [4.78, 5) is 14.2. The highest BCUT2D eigenvalue weighted by Gasteiger charge is 2.16. The fraction of sp³-hybridized carbons (Fsp3) is 0.643. The molecule has 94 valence electrons. The summed E-state index contributed by atoms with van der Waals surface area (Å²) in [6.45, 7) is 9.77. The molecule has 0 atom stereocenters. The lowest BCUT2D eigenvalue weighted by Gasteiger charge is -2.30. The SMILES string of the molecule is CC(C)(C)n1cc(CCN2CCC2)ccc1=O. The molecule has 1 aliphatic rings. The number of nitrogens with zero attached hydrogens (tertiary/aromatic N) is 2. The van der Waals surface area contributed by atoms with Crippen LogP contribution in [0.5, 0.6) is 0 Å². The maximum atomic E-state index is 11.8. The van der Waals surface area contributed by atoms with Gasteiger partial charge in [-0.3, -0.25) is 4.79 Å². The van der Waals surface area contributed by atoms with Crippen molar-refractivity contribution in [2.45, 2.75) is 39.2 Å². The maximum absolute atomic E-state index is 11.8. The van der Waals surface area contributed by atoms with Gasteiger partial charge in [0, 0.05) is 24.3 Å². The molecule has 2 heterocycles. The van der Waals surface area contributed by atoms with E-state index >= 15 is 0 Å². The van der Waals surface area contributed by atoms with Gasteiger partial charge in [-0.15, -0.1) is 0 Å². The molecule has 0 saturated carbocycles. The molecule has 0 N–H and O–H groups in total. The van der Waals surface area contributed by atoms with Crippen LogP contribution in [0.15, 0.2) is 23.1 Å². The van der Waals surface area contributed by atoms with Crippen LogP contribution in [0.2, 0.25) is 0 Å². The second-order valence-corrected chi connectivity index (χ2v) is 5.86. The largest absolute Gasteiger partial charge is 0.310 e. The van der Waals surface area contributed by atoms with E-state index in [4.69, 9.17) is 0 Å². The predicted octanol–water partition coefficient (Wildman–Crippen LogP) is 1.85. The van der Waals surface area contributed by atoms with Crippen LogP contribution in [0.4, 0.5) is 0 Å². The van der Waals surface area contributed by atoms with Crippen molar-refractivity contribution in [3.63, 3.8) is 0 Å². The van der Waals surface area contributed by atoms with E-state index in [2.05, 4.69) is 25.7 Å². The zero-order valence-electron chi connectivity index (χ0n) is 11.1. The Bertz CT molecular complexity index is 438. The van der Waals surface area contributed by atoms with Gasteiger partial charge >= 0.3 is 0 Å². The van der Waals surface area contributed by atoms with Gasteiger partial charge in [-0.2, -0.15) is 0 Å². The van der Waals surface area contributed by atoms with Gasteiger partial charge in [0.1, 0.15) is 0 Å². The summed E-state index contributed by atoms with van der Waals surface area (Å²) in [5, 5.41) is 0. The monoisotopic (exact) mass is 234 g/mol. The third-order valence-corrected chi connectivity index (χ3v) is 3.36. The molecule has 1 saturated heterocycles. The van der Waals surface area contributed by atoms with Crippen LogP contribution in [-0.2, 0) is 12.0 Å². The van der Waals surface area contributed by atoms with E-state index in [1.165, 1.54) is 25.1 Å². The van der Waals surface area contributed by atoms with E-state index in [-0.39, 0.29) is 11.1 Å². The highest BCUT2D eigenvalue weighted by molar-refractivity contribution is 5.12. The number of pyridine rings is 1. The number of rotatable bonds is 3. The molecule has 0 bridgehead atoms. The predicted molar refractivity (Wildman–Crippen MR) is 70.5 cm³/mol. The fourth-order valence-corrected chi connectivity index (χ4v) is 2.10. The van der Waals surface area contributed by atoms with Crippen molar-refractivity contribution in [3.8, 4) is 0 Å². The molecule has 0 radical (unpaired) electrons. The Labute approximate surface area is 103 Å². The first-order valence-corrected chi connectivity index (χ1v) is 6.41. The second kappa shape index (κ2) is 4.65. The number of hydrogen-bond donors (Lipinski definition) is 0. The Morgan fingerprint density at radius 3 is 2.47 bits per heavy atom. The third-order valence-electron chi connectivity index (χ3n) is 3.36. The van der Waals surface area contributed by atoms with Crippen molar-refractivity contribution >= 4 is 0 Å². The molecule has 0 aromatic carbocycles. The molecule has 1 aromatic heterocycles. The Morgan fingerprint density at radius 1 is 1.24 bits per heavy atom. The lowest BCUT2D eigenvalue weighted by atomic mass is 10.1. The topological polar surface area (TPSA) is 25.2 Å². The molecule has 0 spiro atoms. The fourth-order valence-electron chi connectivity index (χ4n) is 2.10. The van der Waals surface area contributed by atoms with Gasteiger partial charge in [-0.05, 0) is 52.3 Å². The van der Waals surface area contributed by atoms with Gasteiger partial charge in [0.15, 0.2) is 0 Å². The first kappa shape index (κ1) is 12.4. The normalized spacial score (nSPS) is 16.9. The zero-order valence-corrected chi connectivity index (χ0v) is 11.1. The molecule has 1 fully saturated rings. The van der Waals surface area contributed by atoms with Gasteiger partial charge in [-0.25, -0.2) is 0 Å². The van der Waals surface area contributed by atoms with Gasteiger partial charge in [0.05, 0.1) is 0 Å². The molecule has 17 heavy (non-hydrogen) atoms. The Morgan fingerprint density at radius 2 is 1.94 bits per heavy atom. The molecule has 3 nitrogen and oxygen atoms in total. The molecular formula is C14H22N2O. The third kappa shape index (κ3) is 2.97. The van der Waals surface area contributed by atoms with Crippen molar-refractivity contribution in [3.05, 3.63) is 34.2 Å². The second-order valence-electron chi connectivity index (χ2n) is 5.86. The summed E-state index contributed by atoms with van der Waals surface area (Å²) in [6.07, 6.45) is 4.39. The molecule has 3 heteroatoms. The molecule has 0 amide bonds. The van der Waals surface area contributed by atoms with Crippen LogP contribution < -0.4 is 5.56 Å². The number of likely N-dealkylation sites (tertiary alicyclic amines) is 1. The van der Waals surface area contributed by atoms with Crippen LogP contribution in [0, 0.1) is 0 Å². The van der Waals surface area contributed by atoms with Crippen molar-refractivity contribution < 1.29 is 0 Å². The average molecular weight is 234 g/mol. The summed E-state index contributed by atoms with van der Waals surface area (Å²) in [5.41, 5.74) is 1.21. The van der Waals surface area contributed by atoms with Gasteiger partial charge in [0.2, 0.25) is 0 Å². The molecule has 1 aliphatic heterocycles. The molecule has 0 unspecified atom stereocenters. The molecule has 2 rings (SSSR count). The molecule has 1 aromatic rings. The van der Waals surface area contributed by atoms with E-state index in [1.54, 1.807) is 6.07 Å². The summed E-state index contributed by atoms with van der Waals surface area (Å²) in [5.74, 6) is 0. The van der Waals surface area contributed by atoms with Crippen molar-refractivity contribution in [1.82, 2.24) is 9.47 Å². The van der Waals surface area contributed by atoms with Crippen molar-refractivity contribution in [1.29, 1.82) is 0 Å². The molecule has 0 aliphatic carbocycles. The van der Waals surface area contributed by atoms with E-state index < -0.39 is 0 Å². The van der Waals surface area contributed by atoms with E-state index in [9.17, 15) is 4.79 Å². The van der Waals surface area contributed by atoms with Gasteiger partial charge in [-0.1, -0.05) is 6.07 Å². The van der Waals surface area contributed by atoms with Gasteiger partial charge in [0.25, 0.3) is 5.56 Å². The van der Waals surface area contributed by atoms with E-state index in [0.717, 1.165) is 13.0 Å². The standard InChI is InChI=1S/C14H22N2O/c1-14(2,3)16-11-12(5-6-13(16)17)7-10-15-8-4-9-15/h5-6,11H,4,7-10H2,1-3H3. The maximum Gasteiger partial charge on any atom is 0.251 e. The van der Waals surface area contributed by atoms with E-state index in [1.807, 2.05) is 16.8 Å². The zero-order chi connectivity index (χ0) is 12.5. The lowest BCUT2D eigenvalue weighted by molar-refractivity contribution is 0.184. The summed E-state index contributed by atoms with van der Waals surface area (Å²) in [6, 6.07) is 3.65. The van der Waals surface area contributed by atoms with Gasteiger partial charge < -0.3 is 9.47 Å². The Balaban J connectivity index is 2.10. The van der Waals surface area contributed by atoms with E-state index in [0.29, 0.717) is 0 Å². The van der Waals surface area contributed by atoms with Crippen LogP contribution in [0.1, 0.15) is 32.8 Å². The highest BCUT2D eigenvalue weighted by Crippen LogP contribution is 2.13. The quantitative estimate of drug-likeness (QED) is 0.797. The lowest BCUT2D eigenvalue weighted by Crippen LogP contribution is -2.38. The Kier molecular flexibility index (Phi) is 3.38. The minimum Gasteiger partial charge on any atom is -0.310 e. The smallest absolute Gasteiger partial charge is 0.251 e. The first-order valence-electron chi connectivity index (χ1n) is 6.41. The molecular weight excluding hydrogens is 212 g/mol.